The third kappa shape index (κ3) is 3.65. The first kappa shape index (κ1) is 14.2. The van der Waals surface area contributed by atoms with E-state index in [0.29, 0.717) is 31.1 Å². The van der Waals surface area contributed by atoms with Crippen molar-refractivity contribution >= 4 is 6.01 Å². The van der Waals surface area contributed by atoms with E-state index in [2.05, 4.69) is 22.4 Å². The molecular weight excluding hydrogens is 248 g/mol. The molecule has 2 atom stereocenters. The van der Waals surface area contributed by atoms with E-state index in [1.807, 2.05) is 11.9 Å². The van der Waals surface area contributed by atoms with Gasteiger partial charge in [0.15, 0.2) is 0 Å². The topological polar surface area (TPSA) is 72.7 Å². The Morgan fingerprint density at radius 3 is 3.00 bits per heavy atom. The molecule has 0 amide bonds. The number of likely N-dealkylation sites (N-methyl/N-ethyl adjacent to an activating group) is 1. The minimum atomic E-state index is 0.195. The number of ether oxygens (including phenoxy) is 2. The van der Waals surface area contributed by atoms with Crippen LogP contribution >= 0.6 is 0 Å². The van der Waals surface area contributed by atoms with Crippen LogP contribution in [-0.2, 0) is 16.0 Å². The minimum Gasteiger partial charge on any atom is -0.407 e. The van der Waals surface area contributed by atoms with Crippen LogP contribution in [0.25, 0.3) is 0 Å². The average Bonchev–Trinajstić information content (AvgIpc) is 3.03. The van der Waals surface area contributed by atoms with Gasteiger partial charge in [0.05, 0.1) is 25.3 Å². The zero-order valence-electron chi connectivity index (χ0n) is 11.8. The lowest BCUT2D eigenvalue weighted by atomic mass is 10.1. The lowest BCUT2D eigenvalue weighted by Crippen LogP contribution is -2.36. The second kappa shape index (κ2) is 6.83. The molecule has 108 valence electrons. The second-order valence-corrected chi connectivity index (χ2v) is 4.69. The lowest BCUT2D eigenvalue weighted by molar-refractivity contribution is 0.117. The molecule has 1 N–H and O–H groups in total. The molecule has 0 bridgehead atoms. The van der Waals surface area contributed by atoms with Gasteiger partial charge < -0.3 is 24.1 Å². The summed E-state index contributed by atoms with van der Waals surface area (Å²) in [5, 5.41) is 11.3. The van der Waals surface area contributed by atoms with Crippen molar-refractivity contribution in [1.29, 1.82) is 0 Å². The highest BCUT2D eigenvalue weighted by molar-refractivity contribution is 5.26. The number of hydrogen-bond donors (Lipinski definition) is 1. The average molecular weight is 270 g/mol. The van der Waals surface area contributed by atoms with Crippen molar-refractivity contribution in [1.82, 2.24) is 15.5 Å². The third-order valence-corrected chi connectivity index (χ3v) is 3.35. The van der Waals surface area contributed by atoms with Crippen LogP contribution in [0.5, 0.6) is 0 Å². The summed E-state index contributed by atoms with van der Waals surface area (Å²) in [6, 6.07) is 0.848. The van der Waals surface area contributed by atoms with Crippen molar-refractivity contribution < 1.29 is 13.9 Å². The first-order chi connectivity index (χ1) is 9.22. The second-order valence-electron chi connectivity index (χ2n) is 4.69. The van der Waals surface area contributed by atoms with Gasteiger partial charge in [-0.05, 0) is 13.3 Å². The van der Waals surface area contributed by atoms with E-state index in [1.54, 1.807) is 7.11 Å². The Balaban J connectivity index is 1.85. The number of hydrogen-bond acceptors (Lipinski definition) is 7. The van der Waals surface area contributed by atoms with Crippen LogP contribution in [0.3, 0.4) is 0 Å². The van der Waals surface area contributed by atoms with E-state index in [-0.39, 0.29) is 6.10 Å². The molecule has 7 nitrogen and oxygen atoms in total. The summed E-state index contributed by atoms with van der Waals surface area (Å²) in [5.41, 5.74) is 0. The van der Waals surface area contributed by atoms with Crippen molar-refractivity contribution in [2.75, 3.05) is 38.8 Å². The van der Waals surface area contributed by atoms with Gasteiger partial charge in [-0.2, -0.15) is 0 Å². The van der Waals surface area contributed by atoms with Crippen molar-refractivity contribution in [3.63, 3.8) is 0 Å². The van der Waals surface area contributed by atoms with Crippen LogP contribution in [0.4, 0.5) is 6.01 Å². The molecule has 1 aliphatic heterocycles. The van der Waals surface area contributed by atoms with E-state index in [4.69, 9.17) is 13.9 Å². The smallest absolute Gasteiger partial charge is 0.318 e. The zero-order chi connectivity index (χ0) is 13.7. The first-order valence-corrected chi connectivity index (χ1v) is 6.59. The normalized spacial score (nSPS) is 22.9. The molecule has 19 heavy (non-hydrogen) atoms. The lowest BCUT2D eigenvalue weighted by Gasteiger charge is -2.24. The van der Waals surface area contributed by atoms with Gasteiger partial charge in [-0.15, -0.1) is 5.10 Å². The van der Waals surface area contributed by atoms with E-state index >= 15 is 0 Å². The highest BCUT2D eigenvalue weighted by Crippen LogP contribution is 2.23. The number of nitrogens with zero attached hydrogens (tertiary/aromatic N) is 3. The Bertz CT molecular complexity index is 385. The molecule has 2 unspecified atom stereocenters. The fourth-order valence-corrected chi connectivity index (χ4v) is 2.20. The number of rotatable bonds is 7. The largest absolute Gasteiger partial charge is 0.407 e. The van der Waals surface area contributed by atoms with E-state index in [0.717, 1.165) is 19.6 Å². The highest BCUT2D eigenvalue weighted by atomic mass is 16.5. The summed E-state index contributed by atoms with van der Waals surface area (Å²) in [6.07, 6.45) is 1.18. The molecule has 2 heterocycles. The highest BCUT2D eigenvalue weighted by Gasteiger charge is 2.30. The monoisotopic (exact) mass is 270 g/mol. The van der Waals surface area contributed by atoms with Crippen LogP contribution in [-0.4, -0.2) is 56.3 Å². The molecule has 1 saturated heterocycles. The first-order valence-electron chi connectivity index (χ1n) is 6.59. The van der Waals surface area contributed by atoms with Gasteiger partial charge in [0, 0.05) is 27.3 Å². The Kier molecular flexibility index (Phi) is 5.12. The van der Waals surface area contributed by atoms with Gasteiger partial charge in [0.25, 0.3) is 0 Å². The Hall–Kier alpha value is -1.18. The molecule has 1 fully saturated rings. The van der Waals surface area contributed by atoms with Crippen molar-refractivity contribution in [2.24, 2.45) is 0 Å². The molecule has 0 spiro atoms. The minimum absolute atomic E-state index is 0.195. The maximum absolute atomic E-state index is 5.63. The summed E-state index contributed by atoms with van der Waals surface area (Å²) in [7, 11) is 3.64. The summed E-state index contributed by atoms with van der Waals surface area (Å²) >= 11 is 0. The molecule has 1 aliphatic rings. The molecule has 1 aromatic heterocycles. The van der Waals surface area contributed by atoms with Crippen molar-refractivity contribution in [3.05, 3.63) is 5.89 Å². The summed E-state index contributed by atoms with van der Waals surface area (Å²) in [5.74, 6) is 0.588. The Morgan fingerprint density at radius 1 is 1.47 bits per heavy atom. The number of methoxy groups -OCH3 is 1. The predicted molar refractivity (Wildman–Crippen MR) is 70.1 cm³/mol. The van der Waals surface area contributed by atoms with E-state index in [1.165, 1.54) is 0 Å². The molecule has 0 aliphatic carbocycles. The number of anilines is 1. The number of nitrogens with one attached hydrogen (secondary N) is 1. The van der Waals surface area contributed by atoms with Crippen LogP contribution in [0.1, 0.15) is 19.2 Å². The summed E-state index contributed by atoms with van der Waals surface area (Å²) in [4.78, 5) is 2.00. The standard InChI is InChI=1S/C12H22N4O3/c1-9-10(4-6-18-9)16(2)12-15-14-11(19-12)8-13-5-7-17-3/h9-10,13H,4-8H2,1-3H3. The van der Waals surface area contributed by atoms with E-state index in [9.17, 15) is 0 Å². The quantitative estimate of drug-likeness (QED) is 0.720. The summed E-state index contributed by atoms with van der Waals surface area (Å²) in [6.45, 7) is 4.84. The predicted octanol–water partition coefficient (Wildman–Crippen LogP) is 0.419. The van der Waals surface area contributed by atoms with Gasteiger partial charge in [0.2, 0.25) is 5.89 Å². The van der Waals surface area contributed by atoms with Crippen LogP contribution in [0.2, 0.25) is 0 Å². The number of aromatic nitrogens is 2. The van der Waals surface area contributed by atoms with Crippen LogP contribution in [0.15, 0.2) is 4.42 Å². The molecule has 2 rings (SSSR count). The van der Waals surface area contributed by atoms with Gasteiger partial charge in [0.1, 0.15) is 0 Å². The molecule has 1 aromatic rings. The van der Waals surface area contributed by atoms with Gasteiger partial charge >= 0.3 is 6.01 Å². The fraction of sp³-hybridized carbons (Fsp3) is 0.833. The van der Waals surface area contributed by atoms with Crippen molar-refractivity contribution in [3.8, 4) is 0 Å². The van der Waals surface area contributed by atoms with Gasteiger partial charge in [-0.3, -0.25) is 0 Å². The van der Waals surface area contributed by atoms with Gasteiger partial charge in [-0.25, -0.2) is 0 Å². The SMILES string of the molecule is COCCNCc1nnc(N(C)C2CCOC2C)o1. The molecule has 0 saturated carbocycles. The Morgan fingerprint density at radius 2 is 2.32 bits per heavy atom. The molecule has 0 aromatic carbocycles. The molecule has 0 radical (unpaired) electrons. The van der Waals surface area contributed by atoms with Crippen molar-refractivity contribution in [2.45, 2.75) is 32.0 Å². The molecular formula is C12H22N4O3. The maximum Gasteiger partial charge on any atom is 0.318 e. The third-order valence-electron chi connectivity index (χ3n) is 3.35. The Labute approximate surface area is 113 Å². The summed E-state index contributed by atoms with van der Waals surface area (Å²) < 4.78 is 16.1. The zero-order valence-corrected chi connectivity index (χ0v) is 11.8. The molecule has 7 heteroatoms. The fourth-order valence-electron chi connectivity index (χ4n) is 2.20. The van der Waals surface area contributed by atoms with Crippen LogP contribution in [0, 0.1) is 0 Å². The maximum atomic E-state index is 5.63. The van der Waals surface area contributed by atoms with Crippen LogP contribution < -0.4 is 10.2 Å². The van der Waals surface area contributed by atoms with Gasteiger partial charge in [-0.1, -0.05) is 5.10 Å². The van der Waals surface area contributed by atoms with E-state index < -0.39 is 0 Å².